The summed E-state index contributed by atoms with van der Waals surface area (Å²) in [5, 5.41) is 16.7. The molecule has 2 N–H and O–H groups in total. The second kappa shape index (κ2) is 7.66. The van der Waals surface area contributed by atoms with Crippen LogP contribution in [0, 0.1) is 0 Å². The third-order valence-electron chi connectivity index (χ3n) is 3.10. The van der Waals surface area contributed by atoms with Crippen LogP contribution in [0.3, 0.4) is 0 Å². The van der Waals surface area contributed by atoms with Crippen molar-refractivity contribution in [2.24, 2.45) is 5.16 Å². The van der Waals surface area contributed by atoms with Crippen molar-refractivity contribution in [3.63, 3.8) is 0 Å². The van der Waals surface area contributed by atoms with E-state index in [1.54, 1.807) is 21.0 Å². The predicted molar refractivity (Wildman–Crippen MR) is 79.3 cm³/mol. The Bertz CT molecular complexity index is 469. The quantitative estimate of drug-likeness (QED) is 0.595. The first-order chi connectivity index (χ1) is 9.90. The highest BCUT2D eigenvalue weighted by Gasteiger charge is 2.31. The molecule has 0 aromatic carbocycles. The highest BCUT2D eigenvalue weighted by atomic mass is 16.6. The molecule has 1 atom stereocenters. The summed E-state index contributed by atoms with van der Waals surface area (Å²) in [7, 11) is 3.23. The SMILES string of the molecule is CCON=C(CC)C1=C(O)CC(NC(=O)N(C)C)CC1=O. The lowest BCUT2D eigenvalue weighted by molar-refractivity contribution is -0.116. The molecule has 7 nitrogen and oxygen atoms in total. The second-order valence-electron chi connectivity index (χ2n) is 5.00. The first-order valence-electron chi connectivity index (χ1n) is 7.02. The molecule has 0 saturated heterocycles. The van der Waals surface area contributed by atoms with E-state index in [0.717, 1.165) is 0 Å². The van der Waals surface area contributed by atoms with Gasteiger partial charge in [-0.15, -0.1) is 0 Å². The van der Waals surface area contributed by atoms with Crippen LogP contribution >= 0.6 is 0 Å². The van der Waals surface area contributed by atoms with E-state index < -0.39 is 6.04 Å². The third-order valence-corrected chi connectivity index (χ3v) is 3.10. The predicted octanol–water partition coefficient (Wildman–Crippen LogP) is 1.60. The van der Waals surface area contributed by atoms with E-state index in [4.69, 9.17) is 4.84 Å². The van der Waals surface area contributed by atoms with Gasteiger partial charge in [0.2, 0.25) is 0 Å². The molecule has 1 aliphatic rings. The number of Topliss-reactive ketones (excluding diaryl/α,β-unsaturated/α-hetero) is 1. The number of urea groups is 1. The zero-order valence-electron chi connectivity index (χ0n) is 13.0. The van der Waals surface area contributed by atoms with Gasteiger partial charge < -0.3 is 20.2 Å². The topological polar surface area (TPSA) is 91.2 Å². The number of nitrogens with one attached hydrogen (secondary N) is 1. The van der Waals surface area contributed by atoms with Crippen LogP contribution in [0.1, 0.15) is 33.1 Å². The fourth-order valence-electron chi connectivity index (χ4n) is 2.06. The summed E-state index contributed by atoms with van der Waals surface area (Å²) in [6.45, 7) is 4.03. The van der Waals surface area contributed by atoms with Crippen molar-refractivity contribution in [1.29, 1.82) is 0 Å². The van der Waals surface area contributed by atoms with E-state index in [-0.39, 0.29) is 36.0 Å². The zero-order valence-corrected chi connectivity index (χ0v) is 13.0. The zero-order chi connectivity index (χ0) is 16.0. The first-order valence-corrected chi connectivity index (χ1v) is 7.02. The lowest BCUT2D eigenvalue weighted by Gasteiger charge is -2.25. The highest BCUT2D eigenvalue weighted by Crippen LogP contribution is 2.23. The van der Waals surface area contributed by atoms with Gasteiger partial charge in [-0.05, 0) is 13.3 Å². The van der Waals surface area contributed by atoms with Gasteiger partial charge in [-0.2, -0.15) is 0 Å². The summed E-state index contributed by atoms with van der Waals surface area (Å²) in [5.74, 6) is -0.279. The molecule has 1 rings (SSSR count). The van der Waals surface area contributed by atoms with Crippen molar-refractivity contribution in [3.05, 3.63) is 11.3 Å². The molecule has 0 spiro atoms. The van der Waals surface area contributed by atoms with E-state index in [0.29, 0.717) is 18.7 Å². The number of carbonyl (C=O) groups is 2. The molecule has 0 saturated carbocycles. The van der Waals surface area contributed by atoms with Gasteiger partial charge in [-0.1, -0.05) is 12.1 Å². The van der Waals surface area contributed by atoms with E-state index in [9.17, 15) is 14.7 Å². The maximum Gasteiger partial charge on any atom is 0.317 e. The molecule has 0 aliphatic heterocycles. The van der Waals surface area contributed by atoms with Crippen molar-refractivity contribution < 1.29 is 19.5 Å². The van der Waals surface area contributed by atoms with Gasteiger partial charge >= 0.3 is 6.03 Å². The molecule has 0 radical (unpaired) electrons. The van der Waals surface area contributed by atoms with Crippen LogP contribution in [0.25, 0.3) is 0 Å². The van der Waals surface area contributed by atoms with E-state index >= 15 is 0 Å². The van der Waals surface area contributed by atoms with Crippen molar-refractivity contribution in [2.45, 2.75) is 39.2 Å². The number of oxime groups is 1. The average Bonchev–Trinajstić information content (AvgIpc) is 2.41. The van der Waals surface area contributed by atoms with Gasteiger partial charge in [0.25, 0.3) is 0 Å². The number of hydrogen-bond donors (Lipinski definition) is 2. The Balaban J connectivity index is 2.89. The summed E-state index contributed by atoms with van der Waals surface area (Å²) in [4.78, 5) is 30.2. The van der Waals surface area contributed by atoms with E-state index in [2.05, 4.69) is 10.5 Å². The van der Waals surface area contributed by atoms with Crippen LogP contribution in [0.2, 0.25) is 0 Å². The standard InChI is InChI=1S/C14H23N3O4/c1-5-10(16-21-6-2)13-11(18)7-9(8-12(13)19)15-14(20)17(3)4/h9,18H,5-8H2,1-4H3,(H,15,20). The molecule has 7 heteroatoms. The number of aliphatic hydroxyl groups is 1. The second-order valence-corrected chi connectivity index (χ2v) is 5.00. The molecular weight excluding hydrogens is 274 g/mol. The van der Waals surface area contributed by atoms with Gasteiger partial charge in [0.05, 0.1) is 11.3 Å². The van der Waals surface area contributed by atoms with Crippen LogP contribution in [-0.4, -0.2) is 54.3 Å². The Morgan fingerprint density at radius 1 is 1.43 bits per heavy atom. The number of ketones is 1. The van der Waals surface area contributed by atoms with Gasteiger partial charge in [0.1, 0.15) is 12.4 Å². The molecule has 0 aromatic rings. The Labute approximate surface area is 124 Å². The lowest BCUT2D eigenvalue weighted by Crippen LogP contribution is -2.44. The number of carbonyl (C=O) groups excluding carboxylic acids is 2. The first kappa shape index (κ1) is 17.0. The summed E-state index contributed by atoms with van der Waals surface area (Å²) in [5.41, 5.74) is 0.665. The Morgan fingerprint density at radius 3 is 2.57 bits per heavy atom. The molecule has 2 amide bonds. The minimum Gasteiger partial charge on any atom is -0.511 e. The Hall–Kier alpha value is -2.05. The van der Waals surface area contributed by atoms with Crippen LogP contribution in [0.15, 0.2) is 16.5 Å². The lowest BCUT2D eigenvalue weighted by atomic mass is 9.89. The minimum atomic E-state index is -0.402. The third kappa shape index (κ3) is 4.47. The van der Waals surface area contributed by atoms with Crippen LogP contribution in [0.4, 0.5) is 4.79 Å². The molecule has 0 fully saturated rings. The van der Waals surface area contributed by atoms with Crippen molar-refractivity contribution >= 4 is 17.5 Å². The monoisotopic (exact) mass is 297 g/mol. The highest BCUT2D eigenvalue weighted by molar-refractivity contribution is 6.23. The van der Waals surface area contributed by atoms with Crippen LogP contribution in [0.5, 0.6) is 0 Å². The van der Waals surface area contributed by atoms with Gasteiger partial charge in [0, 0.05) is 33.0 Å². The number of aliphatic hydroxyl groups excluding tert-OH is 1. The number of hydrogen-bond acceptors (Lipinski definition) is 5. The normalized spacial score (nSPS) is 19.5. The summed E-state index contributed by atoms with van der Waals surface area (Å²) in [6.07, 6.45) is 0.843. The summed E-state index contributed by atoms with van der Waals surface area (Å²) >= 11 is 0. The molecule has 118 valence electrons. The average molecular weight is 297 g/mol. The maximum atomic E-state index is 12.2. The summed E-state index contributed by atoms with van der Waals surface area (Å²) in [6, 6.07) is -0.691. The molecule has 1 aliphatic carbocycles. The van der Waals surface area contributed by atoms with Crippen molar-refractivity contribution in [1.82, 2.24) is 10.2 Å². The fraction of sp³-hybridized carbons (Fsp3) is 0.643. The number of rotatable bonds is 5. The Morgan fingerprint density at radius 2 is 2.10 bits per heavy atom. The van der Waals surface area contributed by atoms with E-state index in [1.165, 1.54) is 4.90 Å². The molecule has 0 aromatic heterocycles. The number of nitrogens with zero attached hydrogens (tertiary/aromatic N) is 2. The molecule has 0 heterocycles. The van der Waals surface area contributed by atoms with Gasteiger partial charge in [0.15, 0.2) is 5.78 Å². The Kier molecular flexibility index (Phi) is 6.20. The van der Waals surface area contributed by atoms with Gasteiger partial charge in [-0.3, -0.25) is 4.79 Å². The van der Waals surface area contributed by atoms with Crippen LogP contribution in [-0.2, 0) is 9.63 Å². The number of amides is 2. The summed E-state index contributed by atoms with van der Waals surface area (Å²) < 4.78 is 0. The smallest absolute Gasteiger partial charge is 0.317 e. The fourth-order valence-corrected chi connectivity index (χ4v) is 2.06. The van der Waals surface area contributed by atoms with Crippen molar-refractivity contribution in [2.75, 3.05) is 20.7 Å². The molecule has 0 bridgehead atoms. The van der Waals surface area contributed by atoms with Crippen LogP contribution < -0.4 is 5.32 Å². The van der Waals surface area contributed by atoms with E-state index in [1.807, 2.05) is 6.92 Å². The number of allylic oxidation sites excluding steroid dienone is 1. The molecule has 21 heavy (non-hydrogen) atoms. The van der Waals surface area contributed by atoms with Gasteiger partial charge in [-0.25, -0.2) is 4.79 Å². The minimum absolute atomic E-state index is 0.0457. The molecular formula is C14H23N3O4. The largest absolute Gasteiger partial charge is 0.511 e. The van der Waals surface area contributed by atoms with Crippen molar-refractivity contribution in [3.8, 4) is 0 Å². The molecule has 1 unspecified atom stereocenters. The maximum absolute atomic E-state index is 12.2.